The predicted molar refractivity (Wildman–Crippen MR) is 60.6 cm³/mol. The SMILES string of the molecule is O=C1CC2OC(c3ccccc3)C(O)C(O1)C2O. The Morgan fingerprint density at radius 3 is 2.56 bits per heavy atom. The van der Waals surface area contributed by atoms with Gasteiger partial charge in [-0.1, -0.05) is 30.3 Å². The molecule has 1 aromatic rings. The highest BCUT2D eigenvalue weighted by Gasteiger charge is 2.50. The lowest BCUT2D eigenvalue weighted by molar-refractivity contribution is -0.257. The molecule has 96 valence electrons. The number of carbonyl (C=O) groups is 1. The van der Waals surface area contributed by atoms with E-state index in [-0.39, 0.29) is 6.42 Å². The van der Waals surface area contributed by atoms with E-state index in [4.69, 9.17) is 9.47 Å². The summed E-state index contributed by atoms with van der Waals surface area (Å²) in [5.74, 6) is -0.444. The van der Waals surface area contributed by atoms with E-state index in [0.717, 1.165) is 5.56 Å². The number of benzene rings is 1. The summed E-state index contributed by atoms with van der Waals surface area (Å²) >= 11 is 0. The van der Waals surface area contributed by atoms with E-state index in [0.29, 0.717) is 0 Å². The summed E-state index contributed by atoms with van der Waals surface area (Å²) in [4.78, 5) is 11.3. The van der Waals surface area contributed by atoms with Crippen molar-refractivity contribution in [2.75, 3.05) is 0 Å². The Hall–Kier alpha value is -1.43. The highest BCUT2D eigenvalue weighted by Crippen LogP contribution is 2.37. The summed E-state index contributed by atoms with van der Waals surface area (Å²) in [5, 5.41) is 20.0. The predicted octanol–water partition coefficient (Wildman–Crippen LogP) is 0.164. The van der Waals surface area contributed by atoms with Crippen molar-refractivity contribution in [2.24, 2.45) is 0 Å². The van der Waals surface area contributed by atoms with E-state index in [1.807, 2.05) is 30.3 Å². The van der Waals surface area contributed by atoms with Crippen molar-refractivity contribution in [1.29, 1.82) is 0 Å². The first-order valence-corrected chi connectivity index (χ1v) is 5.93. The van der Waals surface area contributed by atoms with Gasteiger partial charge in [-0.2, -0.15) is 0 Å². The van der Waals surface area contributed by atoms with Gasteiger partial charge in [-0.3, -0.25) is 4.79 Å². The molecule has 0 aliphatic carbocycles. The van der Waals surface area contributed by atoms with Crippen molar-refractivity contribution >= 4 is 5.97 Å². The van der Waals surface area contributed by atoms with Gasteiger partial charge in [0.05, 0.1) is 12.5 Å². The van der Waals surface area contributed by atoms with Crippen molar-refractivity contribution in [3.8, 4) is 0 Å². The molecule has 5 unspecified atom stereocenters. The Labute approximate surface area is 104 Å². The van der Waals surface area contributed by atoms with Crippen molar-refractivity contribution in [3.05, 3.63) is 35.9 Å². The van der Waals surface area contributed by atoms with Crippen molar-refractivity contribution < 1.29 is 24.5 Å². The Morgan fingerprint density at radius 1 is 1.11 bits per heavy atom. The van der Waals surface area contributed by atoms with E-state index >= 15 is 0 Å². The Balaban J connectivity index is 1.89. The lowest BCUT2D eigenvalue weighted by Crippen LogP contribution is -2.59. The van der Waals surface area contributed by atoms with Gasteiger partial charge in [0.25, 0.3) is 0 Å². The molecule has 0 spiro atoms. The van der Waals surface area contributed by atoms with E-state index in [9.17, 15) is 15.0 Å². The smallest absolute Gasteiger partial charge is 0.308 e. The zero-order valence-electron chi connectivity index (χ0n) is 9.60. The maximum Gasteiger partial charge on any atom is 0.308 e. The van der Waals surface area contributed by atoms with Crippen LogP contribution in [0, 0.1) is 0 Å². The molecule has 0 amide bonds. The second-order valence-corrected chi connectivity index (χ2v) is 4.65. The number of rotatable bonds is 1. The van der Waals surface area contributed by atoms with Crippen LogP contribution in [0.15, 0.2) is 30.3 Å². The van der Waals surface area contributed by atoms with E-state index in [2.05, 4.69) is 0 Å². The fraction of sp³-hybridized carbons (Fsp3) is 0.462. The molecule has 0 radical (unpaired) electrons. The highest BCUT2D eigenvalue weighted by molar-refractivity contribution is 5.71. The van der Waals surface area contributed by atoms with Crippen LogP contribution < -0.4 is 0 Å². The van der Waals surface area contributed by atoms with Crippen LogP contribution >= 0.6 is 0 Å². The molecule has 5 nitrogen and oxygen atoms in total. The largest absolute Gasteiger partial charge is 0.457 e. The van der Waals surface area contributed by atoms with Crippen LogP contribution in [-0.2, 0) is 14.3 Å². The maximum atomic E-state index is 11.3. The average Bonchev–Trinajstić information content (AvgIpc) is 2.37. The molecule has 2 heterocycles. The standard InChI is InChI=1S/C13H14O5/c14-9-6-8-10(15)13(18-9)11(16)12(17-8)7-4-2-1-3-5-7/h1-5,8,10-13,15-16H,6H2. The molecular formula is C13H14O5. The van der Waals surface area contributed by atoms with Gasteiger partial charge in [-0.05, 0) is 5.56 Å². The number of ether oxygens (including phenoxy) is 2. The molecule has 0 saturated carbocycles. The first-order chi connectivity index (χ1) is 8.66. The Kier molecular flexibility index (Phi) is 2.81. The number of aliphatic hydroxyl groups excluding tert-OH is 2. The van der Waals surface area contributed by atoms with E-state index in [1.54, 1.807) is 0 Å². The molecule has 2 bridgehead atoms. The molecular weight excluding hydrogens is 236 g/mol. The van der Waals surface area contributed by atoms with Crippen LogP contribution in [-0.4, -0.2) is 40.6 Å². The third kappa shape index (κ3) is 1.80. The number of hydrogen-bond acceptors (Lipinski definition) is 5. The van der Waals surface area contributed by atoms with Gasteiger partial charge in [-0.15, -0.1) is 0 Å². The van der Waals surface area contributed by atoms with E-state index < -0.39 is 36.5 Å². The number of fused-ring (bicyclic) bond motifs is 2. The van der Waals surface area contributed by atoms with Gasteiger partial charge in [0.2, 0.25) is 0 Å². The number of carbonyl (C=O) groups excluding carboxylic acids is 1. The van der Waals surface area contributed by atoms with Crippen LogP contribution in [0.1, 0.15) is 18.1 Å². The quantitative estimate of drug-likeness (QED) is 0.695. The minimum atomic E-state index is -1.05. The molecule has 18 heavy (non-hydrogen) atoms. The molecule has 2 fully saturated rings. The molecule has 5 heteroatoms. The Bertz CT molecular complexity index is 446. The van der Waals surface area contributed by atoms with Gasteiger partial charge >= 0.3 is 5.97 Å². The number of hydrogen-bond donors (Lipinski definition) is 2. The molecule has 2 saturated heterocycles. The lowest BCUT2D eigenvalue weighted by Gasteiger charge is -2.45. The summed E-state index contributed by atoms with van der Waals surface area (Å²) in [6.07, 6.45) is -4.08. The number of aliphatic hydroxyl groups is 2. The first kappa shape index (κ1) is 11.6. The average molecular weight is 250 g/mol. The monoisotopic (exact) mass is 250 g/mol. The molecule has 2 aliphatic rings. The minimum Gasteiger partial charge on any atom is -0.457 e. The second-order valence-electron chi connectivity index (χ2n) is 4.65. The molecule has 3 rings (SSSR count). The molecule has 2 aliphatic heterocycles. The van der Waals surface area contributed by atoms with Crippen LogP contribution in [0.5, 0.6) is 0 Å². The molecule has 5 atom stereocenters. The van der Waals surface area contributed by atoms with Crippen molar-refractivity contribution in [3.63, 3.8) is 0 Å². The van der Waals surface area contributed by atoms with Crippen molar-refractivity contribution in [1.82, 2.24) is 0 Å². The van der Waals surface area contributed by atoms with Gasteiger partial charge in [0.15, 0.2) is 6.10 Å². The zero-order valence-corrected chi connectivity index (χ0v) is 9.60. The lowest BCUT2D eigenvalue weighted by atomic mass is 9.88. The summed E-state index contributed by atoms with van der Waals surface area (Å²) in [6, 6.07) is 9.23. The van der Waals surface area contributed by atoms with Crippen LogP contribution in [0.2, 0.25) is 0 Å². The normalized spacial score (nSPS) is 39.2. The van der Waals surface area contributed by atoms with Crippen molar-refractivity contribution in [2.45, 2.75) is 36.9 Å². The van der Waals surface area contributed by atoms with Crippen LogP contribution in [0.4, 0.5) is 0 Å². The summed E-state index contributed by atoms with van der Waals surface area (Å²) in [7, 11) is 0. The minimum absolute atomic E-state index is 0.0215. The van der Waals surface area contributed by atoms with Crippen LogP contribution in [0.3, 0.4) is 0 Å². The third-order valence-electron chi connectivity index (χ3n) is 3.45. The summed E-state index contributed by atoms with van der Waals surface area (Å²) in [6.45, 7) is 0. The fourth-order valence-corrected chi connectivity index (χ4v) is 2.53. The highest BCUT2D eigenvalue weighted by atomic mass is 16.6. The topological polar surface area (TPSA) is 76.0 Å². The second kappa shape index (κ2) is 4.35. The summed E-state index contributed by atoms with van der Waals surface area (Å²) in [5.41, 5.74) is 0.810. The van der Waals surface area contributed by atoms with Gasteiger partial charge in [0.1, 0.15) is 18.3 Å². The first-order valence-electron chi connectivity index (χ1n) is 5.93. The summed E-state index contributed by atoms with van der Waals surface area (Å²) < 4.78 is 10.7. The third-order valence-corrected chi connectivity index (χ3v) is 3.45. The van der Waals surface area contributed by atoms with Crippen LogP contribution in [0.25, 0.3) is 0 Å². The maximum absolute atomic E-state index is 11.3. The molecule has 0 aromatic heterocycles. The zero-order chi connectivity index (χ0) is 12.7. The van der Waals surface area contributed by atoms with E-state index in [1.165, 1.54) is 0 Å². The van der Waals surface area contributed by atoms with Gasteiger partial charge < -0.3 is 19.7 Å². The Morgan fingerprint density at radius 2 is 1.83 bits per heavy atom. The van der Waals surface area contributed by atoms with Gasteiger partial charge in [-0.25, -0.2) is 0 Å². The molecule has 2 N–H and O–H groups in total. The fourth-order valence-electron chi connectivity index (χ4n) is 2.53. The molecule has 1 aromatic carbocycles. The number of esters is 1. The van der Waals surface area contributed by atoms with Gasteiger partial charge in [0, 0.05) is 0 Å².